The maximum Gasteiger partial charge on any atom is 0.323 e. The van der Waals surface area contributed by atoms with Crippen LogP contribution < -0.4 is 63.8 Å². The number of hydrogen-bond acceptors (Lipinski definition) is 24. The number of anilines is 12. The van der Waals surface area contributed by atoms with E-state index in [4.69, 9.17) is 69.6 Å². The number of thiazole rings is 3. The minimum atomic E-state index is -0.434. The van der Waals surface area contributed by atoms with E-state index in [1.165, 1.54) is 24.3 Å². The van der Waals surface area contributed by atoms with Crippen molar-refractivity contribution in [3.05, 3.63) is 198 Å². The monoisotopic (exact) mass is 1510 g/mol. The van der Waals surface area contributed by atoms with Crippen molar-refractivity contribution in [1.82, 2.24) is 44.9 Å². The van der Waals surface area contributed by atoms with Crippen LogP contribution in [0.2, 0.25) is 10.0 Å². The fraction of sp³-hybridized carbons (Fsp3) is 0.167. The molecule has 0 bridgehead atoms. The number of morpholine rings is 3. The molecule has 3 aliphatic heterocycles. The highest BCUT2D eigenvalue weighted by Crippen LogP contribution is 2.44. The van der Waals surface area contributed by atoms with Crippen molar-refractivity contribution in [2.75, 3.05) is 143 Å². The van der Waals surface area contributed by atoms with E-state index in [1.54, 1.807) is 125 Å². The molecule has 105 heavy (non-hydrogen) atoms. The van der Waals surface area contributed by atoms with Gasteiger partial charge in [0.1, 0.15) is 22.9 Å². The number of ether oxygens (including phenoxy) is 3. The van der Waals surface area contributed by atoms with Crippen LogP contribution in [0.15, 0.2) is 182 Å². The van der Waals surface area contributed by atoms with Crippen LogP contribution in [0, 0.1) is 5.82 Å². The third-order valence-electron chi connectivity index (χ3n) is 15.9. The first-order valence-electron chi connectivity index (χ1n) is 32.7. The van der Waals surface area contributed by atoms with Gasteiger partial charge in [-0.05, 0) is 138 Å². The molecule has 33 heteroatoms. The lowest BCUT2D eigenvalue weighted by molar-refractivity contribution is 0.122. The lowest BCUT2D eigenvalue weighted by Gasteiger charge is -2.26. The molecule has 0 unspecified atom stereocenters. The molecule has 0 aliphatic carbocycles. The van der Waals surface area contributed by atoms with Gasteiger partial charge in [-0.1, -0.05) is 99.7 Å². The van der Waals surface area contributed by atoms with Crippen LogP contribution in [-0.2, 0) is 14.2 Å². The number of rotatable bonds is 15. The van der Waals surface area contributed by atoms with E-state index in [9.17, 15) is 18.8 Å². The van der Waals surface area contributed by atoms with Gasteiger partial charge in [0.05, 0.1) is 71.4 Å². The number of carbonyl (C=O) groups excluding carboxylic acids is 3. The summed E-state index contributed by atoms with van der Waals surface area (Å²) in [6.45, 7) is 8.51. The fourth-order valence-electron chi connectivity index (χ4n) is 10.9. The summed E-state index contributed by atoms with van der Waals surface area (Å²) in [5, 5.41) is 20.6. The van der Waals surface area contributed by atoms with E-state index in [1.807, 2.05) is 66.7 Å². The van der Waals surface area contributed by atoms with Crippen molar-refractivity contribution in [1.29, 1.82) is 0 Å². The zero-order valence-corrected chi connectivity index (χ0v) is 59.7. The summed E-state index contributed by atoms with van der Waals surface area (Å²) in [5.41, 5.74) is 27.8. The molecule has 0 saturated carbocycles. The number of urea groups is 3. The summed E-state index contributed by atoms with van der Waals surface area (Å²) in [4.78, 5) is 86.7. The average molecular weight is 1510 g/mol. The van der Waals surface area contributed by atoms with Gasteiger partial charge in [0, 0.05) is 102 Å². The summed E-state index contributed by atoms with van der Waals surface area (Å²) < 4.78 is 29.6. The smallest absolute Gasteiger partial charge is 0.323 e. The number of benzene rings is 6. The van der Waals surface area contributed by atoms with Crippen molar-refractivity contribution in [3.8, 4) is 65.5 Å². The molecule has 15 rings (SSSR count). The molecule has 0 atom stereocenters. The van der Waals surface area contributed by atoms with Crippen molar-refractivity contribution in [2.24, 2.45) is 0 Å². The van der Waals surface area contributed by atoms with Crippen LogP contribution in [0.25, 0.3) is 65.5 Å². The molecule has 12 N–H and O–H groups in total. The van der Waals surface area contributed by atoms with Crippen molar-refractivity contribution >= 4 is 143 Å². The zero-order valence-electron chi connectivity index (χ0n) is 55.7. The number of nitrogen functional groups attached to an aromatic ring is 3. The van der Waals surface area contributed by atoms with Crippen LogP contribution in [0.5, 0.6) is 0 Å². The Hall–Kier alpha value is -11.6. The standard InChI is InChI=1S/2C24H22ClN7O2S.C24H22FN7O2S/c25-16-4-2-6-18(14-16)29-23(33)28-17-5-1-3-15(13-17)21-20(19-7-8-27-22(26)30-19)31-24(35-21)32-9-11-34-12-10-32;2*25-16-4-6-17(7-5-16)28-23(33)29-18-3-1-2-15(14-18)21-20(19-8-9-27-22(26)30-19)31-24(35-21)32-10-12-34-13-11-32/h1-8,13-14H,9-12H2,(H2,26,27,30)(H2,28,29,33);2*1-9,14H,10-13H2,(H2,26,27,30)(H2,28,29,33). The van der Waals surface area contributed by atoms with Gasteiger partial charge in [-0.15, -0.1) is 0 Å². The first-order chi connectivity index (χ1) is 51.1. The minimum absolute atomic E-state index is 0.169. The Kier molecular flexibility index (Phi) is 23.4. The number of hydrogen-bond donors (Lipinski definition) is 9. The highest BCUT2D eigenvalue weighted by molar-refractivity contribution is 7.20. The average Bonchev–Trinajstić information content (AvgIpc) is 1.67. The van der Waals surface area contributed by atoms with Gasteiger partial charge in [0.2, 0.25) is 17.8 Å². The van der Waals surface area contributed by atoms with E-state index in [2.05, 4.69) is 76.5 Å². The molecular weight excluding hydrogens is 1440 g/mol. The largest absolute Gasteiger partial charge is 0.378 e. The molecule has 6 aromatic carbocycles. The Bertz CT molecular complexity index is 4820. The number of nitrogens with two attached hydrogens (primary N) is 3. The summed E-state index contributed by atoms with van der Waals surface area (Å²) >= 11 is 16.6. The molecule has 534 valence electrons. The molecule has 27 nitrogen and oxygen atoms in total. The van der Waals surface area contributed by atoms with Crippen LogP contribution in [0.3, 0.4) is 0 Å². The Balaban J connectivity index is 0.000000140. The molecule has 3 fully saturated rings. The number of nitrogens with zero attached hydrogens (tertiary/aromatic N) is 12. The Morgan fingerprint density at radius 2 is 0.676 bits per heavy atom. The summed E-state index contributed by atoms with van der Waals surface area (Å²) in [5.74, 6) is 0.166. The van der Waals surface area contributed by atoms with Gasteiger partial charge in [-0.3, -0.25) is 0 Å². The molecule has 6 amide bonds. The molecule has 0 spiro atoms. The first kappa shape index (κ1) is 71.8. The van der Waals surface area contributed by atoms with Gasteiger partial charge in [-0.2, -0.15) is 0 Å². The number of nitrogens with one attached hydrogen (secondary N) is 6. The van der Waals surface area contributed by atoms with E-state index >= 15 is 0 Å². The van der Waals surface area contributed by atoms with Crippen LogP contribution in [-0.4, -0.2) is 142 Å². The normalized spacial score (nSPS) is 13.5. The van der Waals surface area contributed by atoms with Crippen LogP contribution >= 0.6 is 57.2 Å². The van der Waals surface area contributed by atoms with E-state index < -0.39 is 6.03 Å². The third-order valence-corrected chi connectivity index (χ3v) is 19.9. The number of carbonyl (C=O) groups is 3. The highest BCUT2D eigenvalue weighted by Gasteiger charge is 2.26. The maximum atomic E-state index is 13.1. The maximum absolute atomic E-state index is 13.1. The first-order valence-corrected chi connectivity index (χ1v) is 35.9. The number of amides is 6. The molecule has 6 aromatic heterocycles. The van der Waals surface area contributed by atoms with Gasteiger partial charge >= 0.3 is 18.1 Å². The minimum Gasteiger partial charge on any atom is -0.378 e. The van der Waals surface area contributed by atoms with Crippen LogP contribution in [0.4, 0.5) is 86.1 Å². The summed E-state index contributed by atoms with van der Waals surface area (Å²) in [7, 11) is 0. The van der Waals surface area contributed by atoms with E-state index in [-0.39, 0.29) is 35.7 Å². The second-order valence-electron chi connectivity index (χ2n) is 23.2. The van der Waals surface area contributed by atoms with Crippen molar-refractivity contribution in [3.63, 3.8) is 0 Å². The predicted octanol–water partition coefficient (Wildman–Crippen LogP) is 14.4. The van der Waals surface area contributed by atoms with Gasteiger partial charge in [0.25, 0.3) is 0 Å². The molecule has 0 radical (unpaired) electrons. The second-order valence-corrected chi connectivity index (χ2v) is 27.0. The lowest BCUT2D eigenvalue weighted by Crippen LogP contribution is -2.36. The van der Waals surface area contributed by atoms with E-state index in [0.717, 1.165) is 86.0 Å². The highest BCUT2D eigenvalue weighted by atomic mass is 35.5. The topological polar surface area (TPSA) is 355 Å². The van der Waals surface area contributed by atoms with Crippen molar-refractivity contribution in [2.45, 2.75) is 0 Å². The predicted molar refractivity (Wildman–Crippen MR) is 415 cm³/mol. The number of aromatic nitrogens is 9. The molecule has 3 saturated heterocycles. The second kappa shape index (κ2) is 34.2. The fourth-order valence-corrected chi connectivity index (χ4v) is 14.6. The Morgan fingerprint density at radius 1 is 0.371 bits per heavy atom. The molecule has 12 aromatic rings. The van der Waals surface area contributed by atoms with E-state index in [0.29, 0.717) is 118 Å². The Morgan fingerprint density at radius 3 is 1.00 bits per heavy atom. The van der Waals surface area contributed by atoms with Gasteiger partial charge in [0.15, 0.2) is 15.4 Å². The summed E-state index contributed by atoms with van der Waals surface area (Å²) in [6, 6.07) is 46.3. The Labute approximate surface area is 623 Å². The molecular formula is C72H66Cl2FN21O6S3. The number of halogens is 3. The quantitative estimate of drug-likeness (QED) is 0.0460. The van der Waals surface area contributed by atoms with Gasteiger partial charge < -0.3 is 78.0 Å². The molecule has 9 heterocycles. The van der Waals surface area contributed by atoms with Crippen molar-refractivity contribution < 1.29 is 33.0 Å². The van der Waals surface area contributed by atoms with Crippen LogP contribution in [0.1, 0.15) is 0 Å². The third kappa shape index (κ3) is 19.2. The summed E-state index contributed by atoms with van der Waals surface area (Å²) in [6.07, 6.45) is 4.84. The SMILES string of the molecule is Nc1nccc(-c2nc(N3CCOCC3)sc2-c2cccc(NC(=O)Nc3ccc(Cl)cc3)c2)n1.Nc1nccc(-c2nc(N3CCOCC3)sc2-c2cccc(NC(=O)Nc3ccc(F)cc3)c2)n1.Nc1nccc(-c2nc(N3CCOCC3)sc2-c2cccc(NC(=O)Nc3cccc(Cl)c3)c2)n1. The lowest BCUT2D eigenvalue weighted by atomic mass is 10.1. The van der Waals surface area contributed by atoms with Gasteiger partial charge in [-0.25, -0.2) is 63.6 Å². The zero-order chi connectivity index (χ0) is 72.6. The molecule has 3 aliphatic rings.